The van der Waals surface area contributed by atoms with Crippen molar-refractivity contribution in [2.24, 2.45) is 0 Å². The molecule has 0 saturated heterocycles. The van der Waals surface area contributed by atoms with Crippen LogP contribution in [0.4, 0.5) is 0 Å². The lowest BCUT2D eigenvalue weighted by atomic mass is 9.88. The van der Waals surface area contributed by atoms with Gasteiger partial charge in [0.05, 0.1) is 6.10 Å². The largest absolute Gasteiger partial charge is 0.393 e. The molecule has 1 fully saturated rings. The lowest BCUT2D eigenvalue weighted by Gasteiger charge is -2.34. The van der Waals surface area contributed by atoms with Gasteiger partial charge in [0.2, 0.25) is 0 Å². The second-order valence-corrected chi connectivity index (χ2v) is 5.84. The highest BCUT2D eigenvalue weighted by Gasteiger charge is 2.31. The monoisotopic (exact) mass is 281 g/mol. The molecule has 0 radical (unpaired) electrons. The number of hydrogen-bond acceptors (Lipinski definition) is 2. The van der Waals surface area contributed by atoms with Crippen LogP contribution in [0.15, 0.2) is 22.7 Å². The molecule has 1 aromatic rings. The summed E-state index contributed by atoms with van der Waals surface area (Å²) in [5, 5.41) is 12.9. The van der Waals surface area contributed by atoms with Gasteiger partial charge in [-0.15, -0.1) is 0 Å². The van der Waals surface area contributed by atoms with Gasteiger partial charge in [-0.25, -0.2) is 0 Å². The smallest absolute Gasteiger partial charge is 0.0570 e. The zero-order chi connectivity index (χ0) is 11.1. The van der Waals surface area contributed by atoms with Crippen LogP contribution in [0.5, 0.6) is 0 Å². The van der Waals surface area contributed by atoms with Gasteiger partial charge in [-0.2, -0.15) is 0 Å². The van der Waals surface area contributed by atoms with Crippen molar-refractivity contribution < 1.29 is 5.11 Å². The van der Waals surface area contributed by atoms with Crippen LogP contribution in [0, 0.1) is 0 Å². The summed E-state index contributed by atoms with van der Waals surface area (Å²) >= 11 is 3.51. The second kappa shape index (κ2) is 4.13. The number of aryl methyl sites for hydroxylation is 1. The van der Waals surface area contributed by atoms with Crippen molar-refractivity contribution in [3.8, 4) is 0 Å². The Hall–Kier alpha value is -0.380. The van der Waals surface area contributed by atoms with Gasteiger partial charge >= 0.3 is 0 Å². The van der Waals surface area contributed by atoms with Crippen LogP contribution in [0.1, 0.15) is 36.4 Å². The highest BCUT2D eigenvalue weighted by molar-refractivity contribution is 9.10. The Morgan fingerprint density at radius 3 is 2.88 bits per heavy atom. The minimum atomic E-state index is -0.0664. The van der Waals surface area contributed by atoms with Crippen molar-refractivity contribution in [3.63, 3.8) is 0 Å². The van der Waals surface area contributed by atoms with Crippen LogP contribution in [-0.2, 0) is 6.42 Å². The summed E-state index contributed by atoms with van der Waals surface area (Å²) in [4.78, 5) is 0. The summed E-state index contributed by atoms with van der Waals surface area (Å²) < 4.78 is 1.17. The van der Waals surface area contributed by atoms with Gasteiger partial charge in [-0.05, 0) is 48.9 Å². The summed E-state index contributed by atoms with van der Waals surface area (Å²) in [6.45, 7) is 0. The number of fused-ring (bicyclic) bond motifs is 1. The Balaban J connectivity index is 1.71. The predicted molar refractivity (Wildman–Crippen MR) is 67.4 cm³/mol. The molecule has 2 nitrogen and oxygen atoms in total. The Morgan fingerprint density at radius 1 is 1.31 bits per heavy atom. The Kier molecular flexibility index (Phi) is 2.78. The van der Waals surface area contributed by atoms with Crippen molar-refractivity contribution in [2.75, 3.05) is 0 Å². The van der Waals surface area contributed by atoms with E-state index in [1.807, 2.05) is 0 Å². The van der Waals surface area contributed by atoms with E-state index in [1.165, 1.54) is 28.4 Å². The molecular formula is C13H16BrNO. The van der Waals surface area contributed by atoms with E-state index < -0.39 is 0 Å². The average molecular weight is 282 g/mol. The van der Waals surface area contributed by atoms with E-state index in [9.17, 15) is 5.11 Å². The third-order valence-corrected chi connectivity index (χ3v) is 4.23. The molecule has 0 aromatic heterocycles. The highest BCUT2D eigenvalue weighted by atomic mass is 79.9. The lowest BCUT2D eigenvalue weighted by molar-refractivity contribution is 0.0577. The summed E-state index contributed by atoms with van der Waals surface area (Å²) in [6, 6.07) is 7.59. The quantitative estimate of drug-likeness (QED) is 0.873. The van der Waals surface area contributed by atoms with E-state index in [0.29, 0.717) is 12.1 Å². The Labute approximate surface area is 104 Å². The van der Waals surface area contributed by atoms with Crippen LogP contribution in [0.3, 0.4) is 0 Å². The van der Waals surface area contributed by atoms with Crippen molar-refractivity contribution in [3.05, 3.63) is 33.8 Å². The van der Waals surface area contributed by atoms with Gasteiger partial charge in [0.1, 0.15) is 0 Å². The van der Waals surface area contributed by atoms with E-state index in [1.54, 1.807) is 0 Å². The molecule has 1 unspecified atom stereocenters. The minimum absolute atomic E-state index is 0.0664. The third kappa shape index (κ3) is 1.92. The van der Waals surface area contributed by atoms with Crippen LogP contribution in [-0.4, -0.2) is 17.3 Å². The molecule has 1 saturated carbocycles. The normalized spacial score (nSPS) is 32.2. The molecule has 0 spiro atoms. The molecule has 2 aliphatic rings. The van der Waals surface area contributed by atoms with Gasteiger partial charge in [-0.3, -0.25) is 0 Å². The van der Waals surface area contributed by atoms with Gasteiger partial charge < -0.3 is 10.4 Å². The van der Waals surface area contributed by atoms with Crippen LogP contribution in [0.25, 0.3) is 0 Å². The summed E-state index contributed by atoms with van der Waals surface area (Å²) in [5.74, 6) is 0. The first-order valence-electron chi connectivity index (χ1n) is 5.95. The zero-order valence-electron chi connectivity index (χ0n) is 9.12. The molecule has 0 bridgehead atoms. The van der Waals surface area contributed by atoms with Crippen molar-refractivity contribution >= 4 is 15.9 Å². The maximum Gasteiger partial charge on any atom is 0.0570 e. The van der Waals surface area contributed by atoms with Crippen molar-refractivity contribution in [1.82, 2.24) is 5.32 Å². The fraction of sp³-hybridized carbons (Fsp3) is 0.538. The van der Waals surface area contributed by atoms with Gasteiger partial charge in [0.25, 0.3) is 0 Å². The molecular weight excluding hydrogens is 266 g/mol. The summed E-state index contributed by atoms with van der Waals surface area (Å²) in [6.07, 6.45) is 4.13. The standard InChI is InChI=1S/C13H16BrNO/c14-9-2-3-12-8(5-9)1-4-13(12)15-10-6-11(16)7-10/h2-3,5,10-11,13,15-16H,1,4,6-7H2. The molecule has 3 rings (SSSR count). The first-order chi connectivity index (χ1) is 7.72. The van der Waals surface area contributed by atoms with E-state index in [0.717, 1.165) is 12.8 Å². The van der Waals surface area contributed by atoms with E-state index in [2.05, 4.69) is 39.4 Å². The molecule has 86 valence electrons. The second-order valence-electron chi connectivity index (χ2n) is 4.92. The topological polar surface area (TPSA) is 32.3 Å². The van der Waals surface area contributed by atoms with E-state index >= 15 is 0 Å². The summed E-state index contributed by atoms with van der Waals surface area (Å²) in [5.41, 5.74) is 2.91. The number of halogens is 1. The van der Waals surface area contributed by atoms with Crippen LogP contribution < -0.4 is 5.32 Å². The minimum Gasteiger partial charge on any atom is -0.393 e. The summed E-state index contributed by atoms with van der Waals surface area (Å²) in [7, 11) is 0. The maximum absolute atomic E-state index is 9.28. The predicted octanol–water partition coefficient (Wildman–Crippen LogP) is 2.55. The Morgan fingerprint density at radius 2 is 2.12 bits per heavy atom. The Bertz CT molecular complexity index is 401. The third-order valence-electron chi connectivity index (χ3n) is 3.73. The van der Waals surface area contributed by atoms with Gasteiger partial charge in [0, 0.05) is 16.6 Å². The molecule has 0 amide bonds. The number of aliphatic hydroxyl groups is 1. The molecule has 1 atom stereocenters. The fourth-order valence-corrected chi connectivity index (χ4v) is 3.18. The molecule has 16 heavy (non-hydrogen) atoms. The van der Waals surface area contributed by atoms with E-state index in [-0.39, 0.29) is 6.10 Å². The van der Waals surface area contributed by atoms with Crippen LogP contribution in [0.2, 0.25) is 0 Å². The number of hydrogen-bond donors (Lipinski definition) is 2. The zero-order valence-corrected chi connectivity index (χ0v) is 10.7. The lowest BCUT2D eigenvalue weighted by Crippen LogP contribution is -2.45. The highest BCUT2D eigenvalue weighted by Crippen LogP contribution is 2.35. The molecule has 0 aliphatic heterocycles. The number of rotatable bonds is 2. The SMILES string of the molecule is OC1CC(NC2CCc3cc(Br)ccc32)C1. The molecule has 1 aromatic carbocycles. The number of nitrogens with one attached hydrogen (secondary N) is 1. The number of benzene rings is 1. The van der Waals surface area contributed by atoms with Crippen molar-refractivity contribution in [1.29, 1.82) is 0 Å². The first-order valence-corrected chi connectivity index (χ1v) is 6.74. The van der Waals surface area contributed by atoms with Crippen LogP contribution >= 0.6 is 15.9 Å². The first kappa shape index (κ1) is 10.8. The molecule has 0 heterocycles. The molecule has 2 aliphatic carbocycles. The maximum atomic E-state index is 9.28. The van der Waals surface area contributed by atoms with Gasteiger partial charge in [0.15, 0.2) is 0 Å². The van der Waals surface area contributed by atoms with Crippen molar-refractivity contribution in [2.45, 2.75) is 43.9 Å². The van der Waals surface area contributed by atoms with Gasteiger partial charge in [-0.1, -0.05) is 22.0 Å². The number of aliphatic hydroxyl groups excluding tert-OH is 1. The average Bonchev–Trinajstić information content (AvgIpc) is 2.58. The molecule has 2 N–H and O–H groups in total. The van der Waals surface area contributed by atoms with E-state index in [4.69, 9.17) is 0 Å². The molecule has 3 heteroatoms. The fourth-order valence-electron chi connectivity index (χ4n) is 2.77.